The molecule has 0 unspecified atom stereocenters. The lowest BCUT2D eigenvalue weighted by Gasteiger charge is -2.17. The summed E-state index contributed by atoms with van der Waals surface area (Å²) in [5.74, 6) is -0.225. The highest BCUT2D eigenvalue weighted by Gasteiger charge is 2.11. The molecule has 0 rings (SSSR count). The highest BCUT2D eigenvalue weighted by Crippen LogP contribution is 2.05. The largest absolute Gasteiger partial charge is 0.460 e. The van der Waals surface area contributed by atoms with E-state index >= 15 is 0 Å². The maximum Gasteiger partial charge on any atom is 0.303 e. The minimum atomic E-state index is -0.328. The van der Waals surface area contributed by atoms with Gasteiger partial charge in [0.15, 0.2) is 0 Å². The molecule has 0 aliphatic heterocycles. The van der Waals surface area contributed by atoms with Gasteiger partial charge in [-0.15, -0.1) is 0 Å². The Morgan fingerprint density at radius 1 is 1.33 bits per heavy atom. The standard InChI is InChI=1S/C6H12O2.C3H9N/c1-5(7)8-6(2,3)4;1-3(2)4/h1-4H3;3H,4H2,1-2H3. The molecule has 0 aliphatic carbocycles. The second-order valence-corrected chi connectivity index (χ2v) is 3.95. The van der Waals surface area contributed by atoms with E-state index in [1.807, 2.05) is 34.6 Å². The van der Waals surface area contributed by atoms with Crippen LogP contribution in [0.25, 0.3) is 0 Å². The Labute approximate surface area is 75.3 Å². The maximum atomic E-state index is 10.2. The van der Waals surface area contributed by atoms with E-state index < -0.39 is 0 Å². The van der Waals surface area contributed by atoms with Gasteiger partial charge in [0.1, 0.15) is 5.60 Å². The van der Waals surface area contributed by atoms with Crippen molar-refractivity contribution in [2.45, 2.75) is 53.2 Å². The number of hydrogen-bond acceptors (Lipinski definition) is 3. The molecule has 74 valence electrons. The highest BCUT2D eigenvalue weighted by molar-refractivity contribution is 5.66. The molecule has 3 nitrogen and oxygen atoms in total. The first-order valence-corrected chi connectivity index (χ1v) is 4.10. The summed E-state index contributed by atoms with van der Waals surface area (Å²) < 4.78 is 4.80. The quantitative estimate of drug-likeness (QED) is 0.570. The van der Waals surface area contributed by atoms with Gasteiger partial charge in [-0.1, -0.05) is 13.8 Å². The Morgan fingerprint density at radius 2 is 1.58 bits per heavy atom. The normalized spacial score (nSPS) is 10.3. The van der Waals surface area contributed by atoms with Crippen molar-refractivity contribution in [3.05, 3.63) is 0 Å². The van der Waals surface area contributed by atoms with E-state index in [0.717, 1.165) is 0 Å². The molecule has 2 N–H and O–H groups in total. The predicted molar refractivity (Wildman–Crippen MR) is 50.8 cm³/mol. The van der Waals surface area contributed by atoms with Crippen molar-refractivity contribution in [1.29, 1.82) is 0 Å². The van der Waals surface area contributed by atoms with E-state index in [1.54, 1.807) is 0 Å². The lowest BCUT2D eigenvalue weighted by Crippen LogP contribution is -2.21. The molecule has 0 amide bonds. The number of esters is 1. The van der Waals surface area contributed by atoms with Gasteiger partial charge in [-0.25, -0.2) is 0 Å². The Bertz CT molecular complexity index is 122. The van der Waals surface area contributed by atoms with Crippen LogP contribution < -0.4 is 5.73 Å². The molecule has 12 heavy (non-hydrogen) atoms. The molecule has 0 radical (unpaired) electrons. The third-order valence-electron chi connectivity index (χ3n) is 0.450. The van der Waals surface area contributed by atoms with E-state index in [0.29, 0.717) is 6.04 Å². The van der Waals surface area contributed by atoms with Gasteiger partial charge in [0.05, 0.1) is 0 Å². The Hall–Kier alpha value is -0.570. The summed E-state index contributed by atoms with van der Waals surface area (Å²) in [6, 6.07) is 0.333. The number of carbonyl (C=O) groups excluding carboxylic acids is 1. The molecule has 0 atom stereocenters. The Kier molecular flexibility index (Phi) is 6.99. The van der Waals surface area contributed by atoms with Gasteiger partial charge in [-0.05, 0) is 26.8 Å². The van der Waals surface area contributed by atoms with Crippen LogP contribution in [-0.2, 0) is 9.53 Å². The van der Waals surface area contributed by atoms with Crippen LogP contribution in [0.3, 0.4) is 0 Å². The van der Waals surface area contributed by atoms with Crippen molar-refractivity contribution in [2.75, 3.05) is 0 Å². The number of carbonyl (C=O) groups is 1. The molecule has 0 aromatic carbocycles. The van der Waals surface area contributed by atoms with Crippen molar-refractivity contribution >= 4 is 5.97 Å². The van der Waals surface area contributed by atoms with Gasteiger partial charge in [0.25, 0.3) is 0 Å². The maximum absolute atomic E-state index is 10.2. The molecule has 0 spiro atoms. The minimum absolute atomic E-state index is 0.225. The van der Waals surface area contributed by atoms with Crippen LogP contribution >= 0.6 is 0 Å². The van der Waals surface area contributed by atoms with Gasteiger partial charge < -0.3 is 10.5 Å². The number of rotatable bonds is 0. The van der Waals surface area contributed by atoms with Crippen molar-refractivity contribution in [1.82, 2.24) is 0 Å². The monoisotopic (exact) mass is 175 g/mol. The summed E-state index contributed by atoms with van der Waals surface area (Å²) >= 11 is 0. The molecule has 0 fully saturated rings. The minimum Gasteiger partial charge on any atom is -0.460 e. The summed E-state index contributed by atoms with van der Waals surface area (Å²) in [7, 11) is 0. The van der Waals surface area contributed by atoms with Gasteiger partial charge in [-0.2, -0.15) is 0 Å². The summed E-state index contributed by atoms with van der Waals surface area (Å²) in [6.07, 6.45) is 0. The number of nitrogens with two attached hydrogens (primary N) is 1. The van der Waals surface area contributed by atoms with E-state index in [4.69, 9.17) is 10.5 Å². The topological polar surface area (TPSA) is 52.3 Å². The third-order valence-corrected chi connectivity index (χ3v) is 0.450. The third kappa shape index (κ3) is 34.1. The predicted octanol–water partition coefficient (Wildman–Crippen LogP) is 1.70. The van der Waals surface area contributed by atoms with Crippen LogP contribution in [0.4, 0.5) is 0 Å². The molecule has 3 heteroatoms. The van der Waals surface area contributed by atoms with Crippen LogP contribution in [0.2, 0.25) is 0 Å². The van der Waals surface area contributed by atoms with E-state index in [1.165, 1.54) is 6.92 Å². The first-order chi connectivity index (χ1) is 5.15. The van der Waals surface area contributed by atoms with Gasteiger partial charge in [0, 0.05) is 6.92 Å². The van der Waals surface area contributed by atoms with Crippen LogP contribution in [0.15, 0.2) is 0 Å². The highest BCUT2D eigenvalue weighted by atomic mass is 16.6. The fraction of sp³-hybridized carbons (Fsp3) is 0.889. The first kappa shape index (κ1) is 14.0. The van der Waals surface area contributed by atoms with E-state index in [9.17, 15) is 4.79 Å². The molecule has 0 saturated carbocycles. The average molecular weight is 175 g/mol. The molecular formula is C9H21NO2. The Morgan fingerprint density at radius 3 is 1.58 bits per heavy atom. The molecule has 0 saturated heterocycles. The zero-order valence-electron chi connectivity index (χ0n) is 8.97. The Balaban J connectivity index is 0. The van der Waals surface area contributed by atoms with E-state index in [-0.39, 0.29) is 11.6 Å². The first-order valence-electron chi connectivity index (χ1n) is 4.10. The van der Waals surface area contributed by atoms with Crippen LogP contribution in [0.5, 0.6) is 0 Å². The molecule has 0 aliphatic rings. The lowest BCUT2D eigenvalue weighted by molar-refractivity contribution is -0.151. The van der Waals surface area contributed by atoms with Crippen molar-refractivity contribution in [3.63, 3.8) is 0 Å². The van der Waals surface area contributed by atoms with Crippen LogP contribution in [0, 0.1) is 0 Å². The molecule has 0 aromatic rings. The summed E-state index contributed by atoms with van der Waals surface area (Å²) in [5.41, 5.74) is 4.78. The zero-order chi connectivity index (χ0) is 10.4. The summed E-state index contributed by atoms with van der Waals surface area (Å²) in [6.45, 7) is 10.8. The van der Waals surface area contributed by atoms with Gasteiger partial charge >= 0.3 is 5.97 Å². The number of hydrogen-bond donors (Lipinski definition) is 1. The second-order valence-electron chi connectivity index (χ2n) is 3.95. The van der Waals surface area contributed by atoms with Crippen LogP contribution in [0.1, 0.15) is 41.5 Å². The van der Waals surface area contributed by atoms with Gasteiger partial charge in [-0.3, -0.25) is 4.79 Å². The average Bonchev–Trinajstić information content (AvgIpc) is 1.52. The van der Waals surface area contributed by atoms with Crippen LogP contribution in [-0.4, -0.2) is 17.6 Å². The SMILES string of the molecule is CC(=O)OC(C)(C)C.CC(C)N. The second kappa shape index (κ2) is 6.00. The van der Waals surface area contributed by atoms with Crippen molar-refractivity contribution in [2.24, 2.45) is 5.73 Å². The fourth-order valence-electron chi connectivity index (χ4n) is 0.431. The van der Waals surface area contributed by atoms with Crippen molar-refractivity contribution < 1.29 is 9.53 Å². The fourth-order valence-corrected chi connectivity index (χ4v) is 0.431. The van der Waals surface area contributed by atoms with E-state index in [2.05, 4.69) is 0 Å². The van der Waals surface area contributed by atoms with Gasteiger partial charge in [0.2, 0.25) is 0 Å². The summed E-state index contributed by atoms with van der Waals surface area (Å²) in [4.78, 5) is 10.2. The number of ether oxygens (including phenoxy) is 1. The zero-order valence-corrected chi connectivity index (χ0v) is 8.97. The molecule has 0 aromatic heterocycles. The summed E-state index contributed by atoms with van der Waals surface area (Å²) in [5, 5.41) is 0. The molecule has 0 bridgehead atoms. The lowest BCUT2D eigenvalue weighted by atomic mass is 10.2. The molecule has 0 heterocycles. The smallest absolute Gasteiger partial charge is 0.303 e. The molecular weight excluding hydrogens is 154 g/mol. The van der Waals surface area contributed by atoms with Crippen molar-refractivity contribution in [3.8, 4) is 0 Å².